The number of amides is 1. The summed E-state index contributed by atoms with van der Waals surface area (Å²) >= 11 is 0. The van der Waals surface area contributed by atoms with Gasteiger partial charge in [-0.15, -0.1) is 5.10 Å². The fourth-order valence-electron chi connectivity index (χ4n) is 3.37. The highest BCUT2D eigenvalue weighted by Crippen LogP contribution is 2.28. The van der Waals surface area contributed by atoms with Crippen LogP contribution in [0.15, 0.2) is 24.5 Å². The molecule has 4 rings (SSSR count). The maximum Gasteiger partial charge on any atom is 0.257 e. The molecule has 1 amide bonds. The molecule has 0 unspecified atom stereocenters. The fourth-order valence-corrected chi connectivity index (χ4v) is 3.37. The molecule has 0 spiro atoms. The summed E-state index contributed by atoms with van der Waals surface area (Å²) < 4.78 is 1.41. The van der Waals surface area contributed by atoms with Gasteiger partial charge in [0.15, 0.2) is 0 Å². The summed E-state index contributed by atoms with van der Waals surface area (Å²) in [7, 11) is 3.90. The number of aromatic nitrogens is 6. The molecule has 28 heavy (non-hydrogen) atoms. The molecule has 0 fully saturated rings. The lowest BCUT2D eigenvalue weighted by molar-refractivity contribution is 0.0728. The standard InChI is InChI=1S/C18H20N8O2/c1-11-20-15-9-25(7-6-13(15)17(21-11)24(2)3)18(28)14-5-4-12(8-16(14)27)26-10-19-22-23-26/h4-5,8,10,27H,6-7,9H2,1-3H3. The lowest BCUT2D eigenvalue weighted by Crippen LogP contribution is -2.37. The predicted molar refractivity (Wildman–Crippen MR) is 100 cm³/mol. The van der Waals surface area contributed by atoms with Crippen LogP contribution in [0.5, 0.6) is 5.75 Å². The van der Waals surface area contributed by atoms with E-state index in [0.29, 0.717) is 31.0 Å². The molecule has 1 aromatic carbocycles. The van der Waals surface area contributed by atoms with Gasteiger partial charge in [-0.05, 0) is 35.9 Å². The summed E-state index contributed by atoms with van der Waals surface area (Å²) in [5, 5.41) is 21.3. The maximum atomic E-state index is 13.0. The van der Waals surface area contributed by atoms with Crippen LogP contribution in [-0.2, 0) is 13.0 Å². The molecule has 0 saturated heterocycles. The number of nitrogens with zero attached hydrogens (tertiary/aromatic N) is 8. The first kappa shape index (κ1) is 17.8. The summed E-state index contributed by atoms with van der Waals surface area (Å²) in [6.07, 6.45) is 2.08. The van der Waals surface area contributed by atoms with E-state index >= 15 is 0 Å². The number of carbonyl (C=O) groups excluding carboxylic acids is 1. The molecule has 144 valence electrons. The van der Waals surface area contributed by atoms with E-state index in [4.69, 9.17) is 0 Å². The third kappa shape index (κ3) is 3.13. The van der Waals surface area contributed by atoms with Crippen molar-refractivity contribution in [2.45, 2.75) is 19.9 Å². The van der Waals surface area contributed by atoms with Crippen LogP contribution < -0.4 is 4.90 Å². The van der Waals surface area contributed by atoms with Crippen molar-refractivity contribution in [2.75, 3.05) is 25.5 Å². The van der Waals surface area contributed by atoms with Gasteiger partial charge in [0.1, 0.15) is 23.7 Å². The van der Waals surface area contributed by atoms with Crippen LogP contribution in [0.25, 0.3) is 5.69 Å². The third-order valence-corrected chi connectivity index (χ3v) is 4.69. The lowest BCUT2D eigenvalue weighted by Gasteiger charge is -2.30. The van der Waals surface area contributed by atoms with Crippen LogP contribution >= 0.6 is 0 Å². The van der Waals surface area contributed by atoms with Crippen molar-refractivity contribution in [3.8, 4) is 11.4 Å². The number of hydrogen-bond donors (Lipinski definition) is 1. The Hall–Kier alpha value is -3.56. The summed E-state index contributed by atoms with van der Waals surface area (Å²) in [6.45, 7) is 2.76. The largest absolute Gasteiger partial charge is 0.507 e. The summed E-state index contributed by atoms with van der Waals surface area (Å²) in [5.41, 5.74) is 2.72. The fraction of sp³-hybridized carbons (Fsp3) is 0.333. The number of tetrazole rings is 1. The molecule has 10 heteroatoms. The van der Waals surface area contributed by atoms with Gasteiger partial charge < -0.3 is 14.9 Å². The van der Waals surface area contributed by atoms with Gasteiger partial charge in [0.05, 0.1) is 23.5 Å². The number of phenols is 1. The number of hydrogen-bond acceptors (Lipinski definition) is 8. The molecule has 3 aromatic rings. The Morgan fingerprint density at radius 1 is 1.25 bits per heavy atom. The van der Waals surface area contributed by atoms with Crippen molar-refractivity contribution in [2.24, 2.45) is 0 Å². The molecule has 0 radical (unpaired) electrons. The number of aromatic hydroxyl groups is 1. The van der Waals surface area contributed by atoms with Gasteiger partial charge in [0, 0.05) is 32.3 Å². The first-order chi connectivity index (χ1) is 13.4. The van der Waals surface area contributed by atoms with Crippen molar-refractivity contribution in [3.63, 3.8) is 0 Å². The highest BCUT2D eigenvalue weighted by atomic mass is 16.3. The highest BCUT2D eigenvalue weighted by molar-refractivity contribution is 5.97. The predicted octanol–water partition coefficient (Wildman–Crippen LogP) is 0.731. The van der Waals surface area contributed by atoms with Crippen molar-refractivity contribution >= 4 is 11.7 Å². The van der Waals surface area contributed by atoms with Gasteiger partial charge in [-0.2, -0.15) is 0 Å². The van der Waals surface area contributed by atoms with Gasteiger partial charge in [0.25, 0.3) is 5.91 Å². The number of phenolic OH excluding ortho intramolecular Hbond substituents is 1. The molecule has 3 heterocycles. The van der Waals surface area contributed by atoms with Gasteiger partial charge in [-0.25, -0.2) is 14.6 Å². The van der Waals surface area contributed by atoms with Crippen LogP contribution in [0.1, 0.15) is 27.4 Å². The number of rotatable bonds is 3. The molecule has 0 bridgehead atoms. The van der Waals surface area contributed by atoms with Crippen LogP contribution in [0.2, 0.25) is 0 Å². The minimum Gasteiger partial charge on any atom is -0.507 e. The number of aryl methyl sites for hydroxylation is 1. The quantitative estimate of drug-likeness (QED) is 0.708. The zero-order valence-corrected chi connectivity index (χ0v) is 15.9. The Morgan fingerprint density at radius 2 is 2.07 bits per heavy atom. The van der Waals surface area contributed by atoms with E-state index in [1.807, 2.05) is 25.9 Å². The van der Waals surface area contributed by atoms with Gasteiger partial charge in [0.2, 0.25) is 0 Å². The van der Waals surface area contributed by atoms with Crippen molar-refractivity contribution in [1.82, 2.24) is 35.1 Å². The molecular weight excluding hydrogens is 360 g/mol. The van der Waals surface area contributed by atoms with Crippen molar-refractivity contribution in [1.29, 1.82) is 0 Å². The number of fused-ring (bicyclic) bond motifs is 1. The second-order valence-corrected chi connectivity index (χ2v) is 6.85. The average molecular weight is 380 g/mol. The molecule has 10 nitrogen and oxygen atoms in total. The first-order valence-electron chi connectivity index (χ1n) is 8.83. The van der Waals surface area contributed by atoms with Gasteiger partial charge in [-0.3, -0.25) is 4.79 Å². The Balaban J connectivity index is 1.60. The Bertz CT molecular complexity index is 1030. The first-order valence-corrected chi connectivity index (χ1v) is 8.83. The van der Waals surface area contributed by atoms with E-state index in [0.717, 1.165) is 17.1 Å². The topological polar surface area (TPSA) is 113 Å². The van der Waals surface area contributed by atoms with Crippen LogP contribution in [0.3, 0.4) is 0 Å². The molecule has 0 aliphatic carbocycles. The monoisotopic (exact) mass is 380 g/mol. The minimum atomic E-state index is -0.242. The minimum absolute atomic E-state index is 0.114. The van der Waals surface area contributed by atoms with Crippen LogP contribution in [0, 0.1) is 6.92 Å². The SMILES string of the molecule is Cc1nc2c(c(N(C)C)n1)CCN(C(=O)c1ccc(-n3cnnn3)cc1O)C2. The summed E-state index contributed by atoms with van der Waals surface area (Å²) in [6, 6.07) is 4.75. The molecule has 1 aliphatic rings. The Morgan fingerprint density at radius 3 is 2.75 bits per heavy atom. The molecule has 1 N–H and O–H groups in total. The smallest absolute Gasteiger partial charge is 0.257 e. The number of benzene rings is 1. The summed E-state index contributed by atoms with van der Waals surface area (Å²) in [5.74, 6) is 1.21. The third-order valence-electron chi connectivity index (χ3n) is 4.69. The zero-order chi connectivity index (χ0) is 19.8. The summed E-state index contributed by atoms with van der Waals surface area (Å²) in [4.78, 5) is 25.7. The van der Waals surface area contributed by atoms with Crippen molar-refractivity contribution in [3.05, 3.63) is 47.2 Å². The normalized spacial score (nSPS) is 13.3. The molecule has 0 saturated carbocycles. The van der Waals surface area contributed by atoms with E-state index in [2.05, 4.69) is 25.5 Å². The second kappa shape index (κ2) is 6.87. The molecule has 1 aliphatic heterocycles. The van der Waals surface area contributed by atoms with Crippen LogP contribution in [-0.4, -0.2) is 66.7 Å². The molecule has 2 aromatic heterocycles. The van der Waals surface area contributed by atoms with E-state index in [-0.39, 0.29) is 17.2 Å². The zero-order valence-electron chi connectivity index (χ0n) is 15.9. The van der Waals surface area contributed by atoms with Crippen LogP contribution in [0.4, 0.5) is 5.82 Å². The van der Waals surface area contributed by atoms with E-state index in [9.17, 15) is 9.90 Å². The Kier molecular flexibility index (Phi) is 4.38. The van der Waals surface area contributed by atoms with Gasteiger partial charge >= 0.3 is 0 Å². The number of carbonyl (C=O) groups is 1. The van der Waals surface area contributed by atoms with Gasteiger partial charge in [-0.1, -0.05) is 0 Å². The molecular formula is C18H20N8O2. The number of anilines is 1. The highest BCUT2D eigenvalue weighted by Gasteiger charge is 2.27. The molecule has 0 atom stereocenters. The van der Waals surface area contributed by atoms with Crippen molar-refractivity contribution < 1.29 is 9.90 Å². The van der Waals surface area contributed by atoms with E-state index in [1.54, 1.807) is 17.0 Å². The van der Waals surface area contributed by atoms with E-state index in [1.165, 1.54) is 17.1 Å². The lowest BCUT2D eigenvalue weighted by atomic mass is 10.0. The second-order valence-electron chi connectivity index (χ2n) is 6.85. The Labute approximate surface area is 161 Å². The van der Waals surface area contributed by atoms with E-state index < -0.39 is 0 Å². The maximum absolute atomic E-state index is 13.0. The average Bonchev–Trinajstić information content (AvgIpc) is 3.21.